The van der Waals surface area contributed by atoms with Crippen molar-refractivity contribution >= 4 is 29.4 Å². The Morgan fingerprint density at radius 1 is 1.17 bits per heavy atom. The van der Waals surface area contributed by atoms with Gasteiger partial charge in [0.25, 0.3) is 0 Å². The molecule has 2 fully saturated rings. The number of rotatable bonds is 7. The van der Waals surface area contributed by atoms with E-state index in [9.17, 15) is 4.79 Å². The van der Waals surface area contributed by atoms with Gasteiger partial charge in [-0.15, -0.1) is 0 Å². The molecule has 10 nitrogen and oxygen atoms in total. The molecule has 0 bridgehead atoms. The van der Waals surface area contributed by atoms with Crippen molar-refractivity contribution in [2.24, 2.45) is 5.92 Å². The lowest BCUT2D eigenvalue weighted by Crippen LogP contribution is -2.37. The van der Waals surface area contributed by atoms with E-state index in [0.717, 1.165) is 12.8 Å². The maximum atomic E-state index is 12.0. The number of methoxy groups -OCH3 is 2. The first-order valence-corrected chi connectivity index (χ1v) is 10.1. The number of carbonyl (C=O) groups excluding carboxylic acids is 1. The van der Waals surface area contributed by atoms with Gasteiger partial charge in [0.15, 0.2) is 5.16 Å². The van der Waals surface area contributed by atoms with Gasteiger partial charge < -0.3 is 24.4 Å². The normalized spacial score (nSPS) is 16.4. The van der Waals surface area contributed by atoms with Gasteiger partial charge in [-0.3, -0.25) is 4.79 Å². The van der Waals surface area contributed by atoms with Crippen LogP contribution in [0.3, 0.4) is 0 Å². The van der Waals surface area contributed by atoms with Crippen molar-refractivity contribution in [3.8, 4) is 11.8 Å². The van der Waals surface area contributed by atoms with E-state index in [2.05, 4.69) is 25.3 Å². The molecule has 0 spiro atoms. The van der Waals surface area contributed by atoms with Crippen molar-refractivity contribution in [3.05, 3.63) is 12.3 Å². The molecular formula is C18H22N6O4S. The average molecular weight is 418 g/mol. The summed E-state index contributed by atoms with van der Waals surface area (Å²) in [5.74, 6) is 1.83. The van der Waals surface area contributed by atoms with E-state index in [-0.39, 0.29) is 11.8 Å². The van der Waals surface area contributed by atoms with Gasteiger partial charge in [0, 0.05) is 25.2 Å². The van der Waals surface area contributed by atoms with Crippen LogP contribution in [0.2, 0.25) is 0 Å². The van der Waals surface area contributed by atoms with E-state index in [1.165, 1.54) is 11.8 Å². The summed E-state index contributed by atoms with van der Waals surface area (Å²) in [7, 11) is 3.09. The highest BCUT2D eigenvalue weighted by Gasteiger charge is 2.30. The average Bonchev–Trinajstić information content (AvgIpc) is 3.60. The maximum absolute atomic E-state index is 12.0. The molecule has 154 valence electrons. The van der Waals surface area contributed by atoms with Crippen molar-refractivity contribution in [1.29, 1.82) is 0 Å². The van der Waals surface area contributed by atoms with Gasteiger partial charge in [-0.05, 0) is 30.7 Å². The third-order valence-electron chi connectivity index (χ3n) is 4.50. The molecule has 1 saturated heterocycles. The number of ether oxygens (including phenoxy) is 3. The van der Waals surface area contributed by atoms with Gasteiger partial charge in [0.05, 0.1) is 27.4 Å². The monoisotopic (exact) mass is 418 g/mol. The summed E-state index contributed by atoms with van der Waals surface area (Å²) >= 11 is 1.22. The number of nitrogens with one attached hydrogen (secondary N) is 1. The van der Waals surface area contributed by atoms with Gasteiger partial charge in [-0.2, -0.15) is 9.97 Å². The van der Waals surface area contributed by atoms with Crippen molar-refractivity contribution in [2.75, 3.05) is 50.7 Å². The fraction of sp³-hybridized carbons (Fsp3) is 0.500. The molecule has 1 N–H and O–H groups in total. The minimum absolute atomic E-state index is 0.00647. The Balaban J connectivity index is 1.58. The topological polar surface area (TPSA) is 112 Å². The highest BCUT2D eigenvalue weighted by atomic mass is 32.2. The van der Waals surface area contributed by atoms with Gasteiger partial charge in [-0.1, -0.05) is 0 Å². The molecule has 2 aromatic rings. The number of aromatic nitrogens is 4. The highest BCUT2D eigenvalue weighted by Crippen LogP contribution is 2.40. The van der Waals surface area contributed by atoms with Crippen LogP contribution in [0.4, 0.5) is 11.8 Å². The van der Waals surface area contributed by atoms with Crippen LogP contribution in [0.1, 0.15) is 12.8 Å². The van der Waals surface area contributed by atoms with Crippen molar-refractivity contribution in [1.82, 2.24) is 19.9 Å². The largest absolute Gasteiger partial charge is 0.480 e. The molecule has 1 aliphatic carbocycles. The molecule has 2 aromatic heterocycles. The van der Waals surface area contributed by atoms with Crippen LogP contribution in [0.5, 0.6) is 11.8 Å². The van der Waals surface area contributed by atoms with Gasteiger partial charge in [-0.25, -0.2) is 9.97 Å². The van der Waals surface area contributed by atoms with Crippen LogP contribution in [0.15, 0.2) is 22.3 Å². The van der Waals surface area contributed by atoms with Crippen molar-refractivity contribution in [2.45, 2.75) is 22.9 Å². The van der Waals surface area contributed by atoms with Gasteiger partial charge in [0.2, 0.25) is 23.6 Å². The van der Waals surface area contributed by atoms with Crippen LogP contribution in [0.25, 0.3) is 0 Å². The van der Waals surface area contributed by atoms with E-state index in [1.54, 1.807) is 26.5 Å². The minimum atomic E-state index is -0.00647. The lowest BCUT2D eigenvalue weighted by molar-refractivity contribution is -0.117. The van der Waals surface area contributed by atoms with E-state index < -0.39 is 0 Å². The molecule has 1 aliphatic heterocycles. The third-order valence-corrected chi connectivity index (χ3v) is 5.43. The number of nitrogens with zero attached hydrogens (tertiary/aromatic N) is 5. The summed E-state index contributed by atoms with van der Waals surface area (Å²) in [4.78, 5) is 32.3. The molecular weight excluding hydrogens is 396 g/mol. The van der Waals surface area contributed by atoms with E-state index in [1.807, 2.05) is 4.90 Å². The zero-order chi connectivity index (χ0) is 20.2. The molecule has 4 rings (SSSR count). The SMILES string of the molecule is COc1nc(N2CCOCC2)nc(OC)c1Sc1nccc(NC(=O)C2CC2)n1. The molecule has 1 amide bonds. The fourth-order valence-electron chi connectivity index (χ4n) is 2.79. The molecule has 1 saturated carbocycles. The van der Waals surface area contributed by atoms with Crippen LogP contribution >= 0.6 is 11.8 Å². The van der Waals surface area contributed by atoms with Crippen molar-refractivity contribution < 1.29 is 19.0 Å². The first-order valence-electron chi connectivity index (χ1n) is 9.32. The number of hydrogen-bond acceptors (Lipinski definition) is 10. The summed E-state index contributed by atoms with van der Waals surface area (Å²) in [5.41, 5.74) is 0. The number of carbonyl (C=O) groups is 1. The predicted octanol–water partition coefficient (Wildman–Crippen LogP) is 1.62. The molecule has 3 heterocycles. The first-order chi connectivity index (χ1) is 14.2. The third kappa shape index (κ3) is 4.67. The number of anilines is 2. The summed E-state index contributed by atoms with van der Waals surface area (Å²) in [5, 5.41) is 3.25. The lowest BCUT2D eigenvalue weighted by Gasteiger charge is -2.27. The molecule has 11 heteroatoms. The second-order valence-corrected chi connectivity index (χ2v) is 7.54. The number of morpholine rings is 1. The number of amides is 1. The van der Waals surface area contributed by atoms with Gasteiger partial charge in [0.1, 0.15) is 10.7 Å². The molecule has 0 radical (unpaired) electrons. The fourth-order valence-corrected chi connectivity index (χ4v) is 3.67. The highest BCUT2D eigenvalue weighted by molar-refractivity contribution is 7.99. The smallest absolute Gasteiger partial charge is 0.236 e. The summed E-state index contributed by atoms with van der Waals surface area (Å²) in [6.45, 7) is 2.64. The zero-order valence-corrected chi connectivity index (χ0v) is 17.1. The molecule has 0 aromatic carbocycles. The Morgan fingerprint density at radius 3 is 2.48 bits per heavy atom. The standard InChI is InChI=1S/C18H22N6O4S/c1-26-15-13(16(27-2)23-17(22-15)24-7-9-28-10-8-24)29-18-19-6-5-12(21-18)20-14(25)11-3-4-11/h5-6,11H,3-4,7-10H2,1-2H3,(H,19,20,21,25). The van der Waals surface area contributed by atoms with E-state index in [4.69, 9.17) is 14.2 Å². The molecule has 0 unspecified atom stereocenters. The molecule has 29 heavy (non-hydrogen) atoms. The Morgan fingerprint density at radius 2 is 1.86 bits per heavy atom. The maximum Gasteiger partial charge on any atom is 0.236 e. The zero-order valence-electron chi connectivity index (χ0n) is 16.3. The van der Waals surface area contributed by atoms with Crippen LogP contribution in [-0.4, -0.2) is 66.4 Å². The lowest BCUT2D eigenvalue weighted by atomic mass is 10.4. The van der Waals surface area contributed by atoms with Crippen LogP contribution in [0, 0.1) is 5.92 Å². The van der Waals surface area contributed by atoms with Crippen LogP contribution < -0.4 is 19.7 Å². The Kier molecular flexibility index (Phi) is 5.95. The van der Waals surface area contributed by atoms with E-state index in [0.29, 0.717) is 59.9 Å². The van der Waals surface area contributed by atoms with Crippen LogP contribution in [-0.2, 0) is 9.53 Å². The Bertz CT molecular complexity index is 863. The molecule has 2 aliphatic rings. The summed E-state index contributed by atoms with van der Waals surface area (Å²) in [6.07, 6.45) is 3.46. The van der Waals surface area contributed by atoms with Crippen molar-refractivity contribution in [3.63, 3.8) is 0 Å². The minimum Gasteiger partial charge on any atom is -0.480 e. The summed E-state index contributed by atoms with van der Waals surface area (Å²) < 4.78 is 16.4. The second-order valence-electron chi connectivity index (χ2n) is 6.56. The predicted molar refractivity (Wildman–Crippen MR) is 106 cm³/mol. The first kappa shape index (κ1) is 19.6. The number of hydrogen-bond donors (Lipinski definition) is 1. The molecule has 0 atom stereocenters. The second kappa shape index (κ2) is 8.78. The Hall–Kier alpha value is -2.66. The quantitative estimate of drug-likeness (QED) is 0.666. The Labute approximate surface area is 172 Å². The van der Waals surface area contributed by atoms with Gasteiger partial charge >= 0.3 is 0 Å². The summed E-state index contributed by atoms with van der Waals surface area (Å²) in [6, 6.07) is 1.66. The van der Waals surface area contributed by atoms with E-state index >= 15 is 0 Å².